The SMILES string of the molecule is COCOc1c(OC)cc(C=CC(=O)O)cc1OC. The molecule has 1 aromatic rings. The van der Waals surface area contributed by atoms with Gasteiger partial charge in [0.25, 0.3) is 0 Å². The van der Waals surface area contributed by atoms with Gasteiger partial charge in [0.15, 0.2) is 18.3 Å². The van der Waals surface area contributed by atoms with Gasteiger partial charge in [-0.2, -0.15) is 0 Å². The fraction of sp³-hybridized carbons (Fsp3) is 0.308. The number of ether oxygens (including phenoxy) is 4. The number of carboxylic acids is 1. The second kappa shape index (κ2) is 7.27. The van der Waals surface area contributed by atoms with E-state index in [9.17, 15) is 4.79 Å². The molecule has 0 bridgehead atoms. The zero-order chi connectivity index (χ0) is 14.3. The van der Waals surface area contributed by atoms with Crippen LogP contribution >= 0.6 is 0 Å². The van der Waals surface area contributed by atoms with Crippen LogP contribution in [-0.2, 0) is 9.53 Å². The predicted octanol–water partition coefficient (Wildman–Crippen LogP) is 1.78. The summed E-state index contributed by atoms with van der Waals surface area (Å²) in [4.78, 5) is 10.5. The summed E-state index contributed by atoms with van der Waals surface area (Å²) in [6.07, 6.45) is 2.47. The van der Waals surface area contributed by atoms with Crippen molar-refractivity contribution in [2.24, 2.45) is 0 Å². The Balaban J connectivity index is 3.15. The predicted molar refractivity (Wildman–Crippen MR) is 68.7 cm³/mol. The van der Waals surface area contributed by atoms with Gasteiger partial charge in [-0.25, -0.2) is 4.79 Å². The third kappa shape index (κ3) is 4.18. The highest BCUT2D eigenvalue weighted by atomic mass is 16.7. The second-order valence-electron chi connectivity index (χ2n) is 3.48. The van der Waals surface area contributed by atoms with Crippen LogP contribution in [0, 0.1) is 0 Å². The van der Waals surface area contributed by atoms with E-state index in [0.717, 1.165) is 6.08 Å². The quantitative estimate of drug-likeness (QED) is 0.600. The van der Waals surface area contributed by atoms with Gasteiger partial charge in [0.05, 0.1) is 14.2 Å². The first-order valence-electron chi connectivity index (χ1n) is 5.41. The fourth-order valence-corrected chi connectivity index (χ4v) is 1.42. The average molecular weight is 268 g/mol. The van der Waals surface area contributed by atoms with Crippen molar-refractivity contribution < 1.29 is 28.8 Å². The Labute approximate surface area is 111 Å². The van der Waals surface area contributed by atoms with Gasteiger partial charge in [0.1, 0.15) is 0 Å². The van der Waals surface area contributed by atoms with Crippen LogP contribution in [0.2, 0.25) is 0 Å². The lowest BCUT2D eigenvalue weighted by molar-refractivity contribution is -0.131. The molecule has 0 aromatic heterocycles. The Bertz CT molecular complexity index is 441. The molecule has 1 rings (SSSR count). The number of carbonyl (C=O) groups is 1. The largest absolute Gasteiger partial charge is 0.493 e. The van der Waals surface area contributed by atoms with Crippen molar-refractivity contribution in [2.75, 3.05) is 28.1 Å². The topological polar surface area (TPSA) is 74.2 Å². The summed E-state index contributed by atoms with van der Waals surface area (Å²) in [5.74, 6) is 0.236. The standard InChI is InChI=1S/C13H16O6/c1-16-8-19-13-10(17-2)6-9(4-5-12(14)15)7-11(13)18-3/h4-7H,8H2,1-3H3,(H,14,15). The summed E-state index contributed by atoms with van der Waals surface area (Å²) in [5.41, 5.74) is 0.626. The highest BCUT2D eigenvalue weighted by Crippen LogP contribution is 2.38. The van der Waals surface area contributed by atoms with Crippen LogP contribution in [0.15, 0.2) is 18.2 Å². The Morgan fingerprint density at radius 2 is 1.79 bits per heavy atom. The van der Waals surface area contributed by atoms with Crippen molar-refractivity contribution in [3.8, 4) is 17.2 Å². The highest BCUT2D eigenvalue weighted by molar-refractivity contribution is 5.85. The number of hydrogen-bond donors (Lipinski definition) is 1. The third-order valence-corrected chi connectivity index (χ3v) is 2.22. The smallest absolute Gasteiger partial charge is 0.328 e. The second-order valence-corrected chi connectivity index (χ2v) is 3.48. The first kappa shape index (κ1) is 14.8. The first-order valence-corrected chi connectivity index (χ1v) is 5.41. The van der Waals surface area contributed by atoms with Gasteiger partial charge in [-0.15, -0.1) is 0 Å². The van der Waals surface area contributed by atoms with Crippen LogP contribution in [0.25, 0.3) is 6.08 Å². The Morgan fingerprint density at radius 3 is 2.21 bits per heavy atom. The van der Waals surface area contributed by atoms with Gasteiger partial charge in [-0.1, -0.05) is 0 Å². The van der Waals surface area contributed by atoms with E-state index in [4.69, 9.17) is 24.1 Å². The third-order valence-electron chi connectivity index (χ3n) is 2.22. The van der Waals surface area contributed by atoms with Crippen molar-refractivity contribution in [3.05, 3.63) is 23.8 Å². The van der Waals surface area contributed by atoms with E-state index in [1.807, 2.05) is 0 Å². The molecular weight excluding hydrogens is 252 g/mol. The summed E-state index contributed by atoms with van der Waals surface area (Å²) in [6.45, 7) is 0.0526. The van der Waals surface area contributed by atoms with E-state index in [-0.39, 0.29) is 6.79 Å². The van der Waals surface area contributed by atoms with Crippen molar-refractivity contribution in [1.29, 1.82) is 0 Å². The molecule has 0 aliphatic rings. The van der Waals surface area contributed by atoms with E-state index in [1.54, 1.807) is 12.1 Å². The summed E-state index contributed by atoms with van der Waals surface area (Å²) < 4.78 is 20.6. The van der Waals surface area contributed by atoms with Crippen LogP contribution in [0.3, 0.4) is 0 Å². The molecule has 0 heterocycles. The lowest BCUT2D eigenvalue weighted by atomic mass is 10.1. The molecule has 0 saturated heterocycles. The molecule has 0 unspecified atom stereocenters. The Hall–Kier alpha value is -2.21. The molecule has 0 amide bonds. The molecule has 0 aliphatic heterocycles. The van der Waals surface area contributed by atoms with Crippen LogP contribution in [-0.4, -0.2) is 39.2 Å². The molecule has 19 heavy (non-hydrogen) atoms. The van der Waals surface area contributed by atoms with Gasteiger partial charge in [0, 0.05) is 13.2 Å². The Morgan fingerprint density at radius 1 is 1.21 bits per heavy atom. The normalized spacial score (nSPS) is 10.5. The molecular formula is C13H16O6. The van der Waals surface area contributed by atoms with Gasteiger partial charge < -0.3 is 24.1 Å². The molecule has 1 aromatic carbocycles. The molecule has 0 atom stereocenters. The zero-order valence-corrected chi connectivity index (χ0v) is 11.0. The summed E-state index contributed by atoms with van der Waals surface area (Å²) in [7, 11) is 4.47. The zero-order valence-electron chi connectivity index (χ0n) is 11.0. The van der Waals surface area contributed by atoms with E-state index in [0.29, 0.717) is 22.8 Å². The summed E-state index contributed by atoms with van der Waals surface area (Å²) in [5, 5.41) is 8.61. The number of methoxy groups -OCH3 is 3. The van der Waals surface area contributed by atoms with Crippen molar-refractivity contribution in [1.82, 2.24) is 0 Å². The number of aliphatic carboxylic acids is 1. The van der Waals surface area contributed by atoms with E-state index < -0.39 is 5.97 Å². The van der Waals surface area contributed by atoms with Crippen molar-refractivity contribution in [2.45, 2.75) is 0 Å². The Kier molecular flexibility index (Phi) is 5.69. The molecule has 6 nitrogen and oxygen atoms in total. The number of carboxylic acid groups (broad SMARTS) is 1. The molecule has 0 radical (unpaired) electrons. The lowest BCUT2D eigenvalue weighted by Gasteiger charge is -2.14. The number of hydrogen-bond acceptors (Lipinski definition) is 5. The highest BCUT2D eigenvalue weighted by Gasteiger charge is 2.13. The minimum Gasteiger partial charge on any atom is -0.493 e. The van der Waals surface area contributed by atoms with E-state index >= 15 is 0 Å². The maximum atomic E-state index is 10.5. The summed E-state index contributed by atoms with van der Waals surface area (Å²) >= 11 is 0. The van der Waals surface area contributed by atoms with Gasteiger partial charge in [-0.05, 0) is 23.8 Å². The van der Waals surface area contributed by atoms with Gasteiger partial charge >= 0.3 is 5.97 Å². The molecule has 0 saturated carbocycles. The molecule has 0 spiro atoms. The van der Waals surface area contributed by atoms with Crippen LogP contribution < -0.4 is 14.2 Å². The maximum Gasteiger partial charge on any atom is 0.328 e. The van der Waals surface area contributed by atoms with E-state index in [2.05, 4.69) is 0 Å². The van der Waals surface area contributed by atoms with Gasteiger partial charge in [-0.3, -0.25) is 0 Å². The molecule has 1 N–H and O–H groups in total. The molecule has 0 fully saturated rings. The average Bonchev–Trinajstić information content (AvgIpc) is 2.42. The first-order chi connectivity index (χ1) is 9.12. The van der Waals surface area contributed by atoms with E-state index in [1.165, 1.54) is 27.4 Å². The van der Waals surface area contributed by atoms with Crippen LogP contribution in [0.5, 0.6) is 17.2 Å². The van der Waals surface area contributed by atoms with Crippen molar-refractivity contribution >= 4 is 12.0 Å². The maximum absolute atomic E-state index is 10.5. The molecule has 6 heteroatoms. The van der Waals surface area contributed by atoms with Crippen LogP contribution in [0.4, 0.5) is 0 Å². The van der Waals surface area contributed by atoms with Crippen molar-refractivity contribution in [3.63, 3.8) is 0 Å². The number of rotatable bonds is 7. The number of benzene rings is 1. The van der Waals surface area contributed by atoms with Crippen LogP contribution in [0.1, 0.15) is 5.56 Å². The lowest BCUT2D eigenvalue weighted by Crippen LogP contribution is -2.03. The minimum absolute atomic E-state index is 0.0526. The fourth-order valence-electron chi connectivity index (χ4n) is 1.42. The minimum atomic E-state index is -1.03. The molecule has 0 aliphatic carbocycles. The summed E-state index contributed by atoms with van der Waals surface area (Å²) in [6, 6.07) is 3.29. The monoisotopic (exact) mass is 268 g/mol. The molecule has 104 valence electrons. The van der Waals surface area contributed by atoms with Gasteiger partial charge in [0.2, 0.25) is 5.75 Å².